The number of carbonyl (C=O) groups excluding carboxylic acids is 1. The van der Waals surface area contributed by atoms with E-state index in [0.29, 0.717) is 24.6 Å². The van der Waals surface area contributed by atoms with Crippen molar-refractivity contribution in [2.45, 2.75) is 13.3 Å². The Morgan fingerprint density at radius 3 is 2.76 bits per heavy atom. The molecule has 1 aromatic rings. The highest BCUT2D eigenvalue weighted by Gasteiger charge is 2.34. The fraction of sp³-hybridized carbons (Fsp3) is 0.533. The highest BCUT2D eigenvalue weighted by atomic mass is 35.5. The van der Waals surface area contributed by atoms with Gasteiger partial charge in [0, 0.05) is 19.2 Å². The summed E-state index contributed by atoms with van der Waals surface area (Å²) in [5.74, 6) is 1.36. The second-order valence-electron chi connectivity index (χ2n) is 5.55. The van der Waals surface area contributed by atoms with Gasteiger partial charge in [0.25, 0.3) is 5.91 Å². The topological polar surface area (TPSA) is 64.8 Å². The Hall–Kier alpha value is -1.46. The van der Waals surface area contributed by atoms with Crippen molar-refractivity contribution in [1.82, 2.24) is 4.90 Å². The number of likely N-dealkylation sites (tertiary alicyclic amines) is 1. The van der Waals surface area contributed by atoms with Gasteiger partial charge in [-0.1, -0.05) is 13.0 Å². The van der Waals surface area contributed by atoms with Crippen LogP contribution in [0.1, 0.15) is 13.3 Å². The summed E-state index contributed by atoms with van der Waals surface area (Å²) >= 11 is 0. The molecule has 0 saturated carbocycles. The molecule has 1 fully saturated rings. The highest BCUT2D eigenvalue weighted by Crippen LogP contribution is 2.28. The van der Waals surface area contributed by atoms with E-state index in [9.17, 15) is 4.79 Å². The fourth-order valence-electron chi connectivity index (χ4n) is 2.33. The number of hydrogen-bond acceptors (Lipinski definition) is 4. The molecular weight excluding hydrogens is 292 g/mol. The van der Waals surface area contributed by atoms with Crippen molar-refractivity contribution in [2.24, 2.45) is 11.1 Å². The largest absolute Gasteiger partial charge is 0.497 e. The Kier molecular flexibility index (Phi) is 6.30. The first-order valence-corrected chi connectivity index (χ1v) is 6.81. The molecule has 1 heterocycles. The maximum absolute atomic E-state index is 12.1. The van der Waals surface area contributed by atoms with Crippen molar-refractivity contribution in [3.8, 4) is 11.5 Å². The molecule has 0 aromatic heterocycles. The summed E-state index contributed by atoms with van der Waals surface area (Å²) in [4.78, 5) is 13.9. The highest BCUT2D eigenvalue weighted by molar-refractivity contribution is 5.85. The van der Waals surface area contributed by atoms with Crippen LogP contribution in [0.25, 0.3) is 0 Å². The lowest BCUT2D eigenvalue weighted by Crippen LogP contribution is -2.36. The average molecular weight is 315 g/mol. The second kappa shape index (κ2) is 7.52. The number of ether oxygens (including phenoxy) is 2. The van der Waals surface area contributed by atoms with Crippen LogP contribution in [0.4, 0.5) is 0 Å². The predicted molar refractivity (Wildman–Crippen MR) is 84.1 cm³/mol. The molecule has 1 aliphatic rings. The molecule has 1 saturated heterocycles. The van der Waals surface area contributed by atoms with Crippen molar-refractivity contribution in [3.63, 3.8) is 0 Å². The van der Waals surface area contributed by atoms with Crippen LogP contribution in [0.3, 0.4) is 0 Å². The molecule has 1 aliphatic heterocycles. The number of benzene rings is 1. The minimum absolute atomic E-state index is 0. The van der Waals surface area contributed by atoms with E-state index in [0.717, 1.165) is 13.0 Å². The van der Waals surface area contributed by atoms with Gasteiger partial charge in [0.05, 0.1) is 7.11 Å². The molecule has 1 atom stereocenters. The average Bonchev–Trinajstić information content (AvgIpc) is 2.88. The molecule has 5 nitrogen and oxygen atoms in total. The monoisotopic (exact) mass is 314 g/mol. The van der Waals surface area contributed by atoms with Gasteiger partial charge in [0.15, 0.2) is 6.61 Å². The van der Waals surface area contributed by atoms with Crippen LogP contribution in [0, 0.1) is 5.41 Å². The summed E-state index contributed by atoms with van der Waals surface area (Å²) < 4.78 is 10.6. The van der Waals surface area contributed by atoms with Crippen LogP contribution in [0.5, 0.6) is 11.5 Å². The Labute approximate surface area is 131 Å². The first-order valence-electron chi connectivity index (χ1n) is 6.81. The van der Waals surface area contributed by atoms with Gasteiger partial charge in [-0.2, -0.15) is 0 Å². The zero-order valence-corrected chi connectivity index (χ0v) is 13.3. The van der Waals surface area contributed by atoms with Crippen LogP contribution in [-0.2, 0) is 4.79 Å². The zero-order chi connectivity index (χ0) is 14.6. The summed E-state index contributed by atoms with van der Waals surface area (Å²) in [6, 6.07) is 7.24. The van der Waals surface area contributed by atoms with Crippen molar-refractivity contribution < 1.29 is 14.3 Å². The van der Waals surface area contributed by atoms with E-state index in [1.54, 1.807) is 13.2 Å². The molecule has 21 heavy (non-hydrogen) atoms. The van der Waals surface area contributed by atoms with E-state index in [-0.39, 0.29) is 30.3 Å². The van der Waals surface area contributed by atoms with Gasteiger partial charge in [-0.15, -0.1) is 12.4 Å². The van der Waals surface area contributed by atoms with Crippen LogP contribution in [0.2, 0.25) is 0 Å². The zero-order valence-electron chi connectivity index (χ0n) is 12.5. The van der Waals surface area contributed by atoms with Gasteiger partial charge >= 0.3 is 0 Å². The van der Waals surface area contributed by atoms with E-state index in [1.807, 2.05) is 23.1 Å². The number of hydrogen-bond donors (Lipinski definition) is 1. The Bertz CT molecular complexity index is 484. The normalized spacial score (nSPS) is 20.8. The number of nitrogens with two attached hydrogens (primary N) is 1. The lowest BCUT2D eigenvalue weighted by Gasteiger charge is -2.22. The molecule has 0 bridgehead atoms. The van der Waals surface area contributed by atoms with E-state index in [4.69, 9.17) is 15.2 Å². The van der Waals surface area contributed by atoms with Crippen LogP contribution in [0.15, 0.2) is 24.3 Å². The van der Waals surface area contributed by atoms with Gasteiger partial charge in [-0.05, 0) is 30.5 Å². The number of nitrogens with zero attached hydrogens (tertiary/aromatic N) is 1. The third-order valence-corrected chi connectivity index (χ3v) is 3.81. The molecule has 2 N–H and O–H groups in total. The first-order chi connectivity index (χ1) is 9.56. The Morgan fingerprint density at radius 2 is 2.14 bits per heavy atom. The van der Waals surface area contributed by atoms with E-state index < -0.39 is 0 Å². The third kappa shape index (κ3) is 4.51. The molecule has 0 spiro atoms. The minimum Gasteiger partial charge on any atom is -0.497 e. The first kappa shape index (κ1) is 17.6. The number of halogens is 1. The number of rotatable bonds is 5. The van der Waals surface area contributed by atoms with Gasteiger partial charge in [-0.3, -0.25) is 4.79 Å². The Morgan fingerprint density at radius 1 is 1.43 bits per heavy atom. The maximum Gasteiger partial charge on any atom is 0.260 e. The number of amides is 1. The molecule has 6 heteroatoms. The molecule has 118 valence electrons. The molecular formula is C15H23ClN2O3. The number of methoxy groups -OCH3 is 1. The molecule has 1 unspecified atom stereocenters. The van der Waals surface area contributed by atoms with E-state index >= 15 is 0 Å². The van der Waals surface area contributed by atoms with Crippen molar-refractivity contribution in [1.29, 1.82) is 0 Å². The SMILES string of the molecule is COc1cccc(OCC(=O)N2CCC(C)(CN)C2)c1.Cl. The van der Waals surface area contributed by atoms with Gasteiger partial charge in [0.2, 0.25) is 0 Å². The lowest BCUT2D eigenvalue weighted by molar-refractivity contribution is -0.132. The quantitative estimate of drug-likeness (QED) is 0.898. The summed E-state index contributed by atoms with van der Waals surface area (Å²) in [6.45, 7) is 4.24. The fourth-order valence-corrected chi connectivity index (χ4v) is 2.33. The summed E-state index contributed by atoms with van der Waals surface area (Å²) in [5.41, 5.74) is 5.79. The molecule has 0 aliphatic carbocycles. The Balaban J connectivity index is 0.00000220. The van der Waals surface area contributed by atoms with Crippen molar-refractivity contribution in [3.05, 3.63) is 24.3 Å². The van der Waals surface area contributed by atoms with E-state index in [2.05, 4.69) is 6.92 Å². The minimum atomic E-state index is 0. The van der Waals surface area contributed by atoms with Gasteiger partial charge < -0.3 is 20.1 Å². The molecule has 2 rings (SSSR count). The standard InChI is InChI=1S/C15H22N2O3.ClH/c1-15(10-16)6-7-17(11-15)14(18)9-20-13-5-3-4-12(8-13)19-2;/h3-5,8H,6-7,9-11,16H2,1-2H3;1H. The lowest BCUT2D eigenvalue weighted by atomic mass is 9.90. The number of carbonyl (C=O) groups is 1. The van der Waals surface area contributed by atoms with Crippen LogP contribution in [-0.4, -0.2) is 44.2 Å². The molecule has 1 aromatic carbocycles. The van der Waals surface area contributed by atoms with E-state index in [1.165, 1.54) is 0 Å². The third-order valence-electron chi connectivity index (χ3n) is 3.81. The van der Waals surface area contributed by atoms with Crippen molar-refractivity contribution >= 4 is 18.3 Å². The summed E-state index contributed by atoms with van der Waals surface area (Å²) in [7, 11) is 1.60. The van der Waals surface area contributed by atoms with Crippen molar-refractivity contribution in [2.75, 3.05) is 33.4 Å². The summed E-state index contributed by atoms with van der Waals surface area (Å²) in [5, 5.41) is 0. The van der Waals surface area contributed by atoms with Gasteiger partial charge in [0.1, 0.15) is 11.5 Å². The van der Waals surface area contributed by atoms with Crippen LogP contribution < -0.4 is 15.2 Å². The molecule has 0 radical (unpaired) electrons. The molecule has 1 amide bonds. The predicted octanol–water partition coefficient (Wildman–Crippen LogP) is 1.69. The maximum atomic E-state index is 12.1. The summed E-state index contributed by atoms with van der Waals surface area (Å²) in [6.07, 6.45) is 0.953. The van der Waals surface area contributed by atoms with Crippen LogP contribution >= 0.6 is 12.4 Å². The second-order valence-corrected chi connectivity index (χ2v) is 5.55. The van der Waals surface area contributed by atoms with Gasteiger partial charge in [-0.25, -0.2) is 0 Å². The smallest absolute Gasteiger partial charge is 0.260 e.